The average Bonchev–Trinajstić information content (AvgIpc) is 3.28. The van der Waals surface area contributed by atoms with E-state index < -0.39 is 0 Å². The van der Waals surface area contributed by atoms with Gasteiger partial charge in [-0.1, -0.05) is 12.1 Å². The summed E-state index contributed by atoms with van der Waals surface area (Å²) in [6.45, 7) is 0.547. The van der Waals surface area contributed by atoms with Crippen LogP contribution < -0.4 is 4.74 Å². The molecule has 0 spiro atoms. The highest BCUT2D eigenvalue weighted by Gasteiger charge is 2.37. The Kier molecular flexibility index (Phi) is 5.11. The molecular weight excluding hydrogens is 320 g/mol. The minimum absolute atomic E-state index is 0.0421. The minimum Gasteiger partial charge on any atom is -0.497 e. The van der Waals surface area contributed by atoms with Gasteiger partial charge in [0.2, 0.25) is 0 Å². The lowest BCUT2D eigenvalue weighted by Crippen LogP contribution is -2.38. The molecule has 0 saturated carbocycles. The highest BCUT2D eigenvalue weighted by molar-refractivity contribution is 5.92. The van der Waals surface area contributed by atoms with Gasteiger partial charge >= 0.3 is 0 Å². The van der Waals surface area contributed by atoms with Gasteiger partial charge in [0, 0.05) is 18.2 Å². The quantitative estimate of drug-likeness (QED) is 0.900. The average molecular weight is 344 g/mol. The number of aliphatic hydroxyl groups excluding tert-OH is 1. The Labute approximate surface area is 147 Å². The van der Waals surface area contributed by atoms with E-state index in [1.54, 1.807) is 24.1 Å². The third kappa shape index (κ3) is 3.55. The molecule has 1 aliphatic heterocycles. The zero-order chi connectivity index (χ0) is 18.0. The largest absolute Gasteiger partial charge is 0.497 e. The molecule has 6 nitrogen and oxygen atoms in total. The third-order valence-corrected chi connectivity index (χ3v) is 4.77. The van der Waals surface area contributed by atoms with Gasteiger partial charge in [0.15, 0.2) is 5.76 Å². The van der Waals surface area contributed by atoms with E-state index in [-0.39, 0.29) is 30.4 Å². The first-order valence-electron chi connectivity index (χ1n) is 8.36. The van der Waals surface area contributed by atoms with Crippen LogP contribution in [0.3, 0.4) is 0 Å². The second kappa shape index (κ2) is 7.29. The van der Waals surface area contributed by atoms with Gasteiger partial charge in [-0.05, 0) is 44.8 Å². The van der Waals surface area contributed by atoms with Gasteiger partial charge in [0.25, 0.3) is 5.91 Å². The van der Waals surface area contributed by atoms with Crippen LogP contribution in [0, 0.1) is 0 Å². The molecule has 3 rings (SSSR count). The summed E-state index contributed by atoms with van der Waals surface area (Å²) in [7, 11) is 5.58. The molecule has 2 heterocycles. The van der Waals surface area contributed by atoms with E-state index in [0.717, 1.165) is 17.7 Å². The lowest BCUT2D eigenvalue weighted by atomic mass is 10.1. The van der Waals surface area contributed by atoms with Gasteiger partial charge in [-0.2, -0.15) is 0 Å². The van der Waals surface area contributed by atoms with Gasteiger partial charge in [0.1, 0.15) is 11.5 Å². The van der Waals surface area contributed by atoms with Crippen molar-refractivity contribution in [2.24, 2.45) is 0 Å². The minimum atomic E-state index is -0.183. The Morgan fingerprint density at radius 3 is 2.84 bits per heavy atom. The normalized spacial score (nSPS) is 20.3. The van der Waals surface area contributed by atoms with Crippen molar-refractivity contribution >= 4 is 5.91 Å². The number of aliphatic hydroxyl groups is 1. The molecule has 1 fully saturated rings. The molecule has 2 atom stereocenters. The molecule has 6 heteroatoms. The summed E-state index contributed by atoms with van der Waals surface area (Å²) in [5.41, 5.74) is 0.852. The first-order chi connectivity index (χ1) is 12.0. The summed E-state index contributed by atoms with van der Waals surface area (Å²) < 4.78 is 11.0. The molecule has 0 aliphatic carbocycles. The van der Waals surface area contributed by atoms with Crippen molar-refractivity contribution in [2.75, 3.05) is 34.4 Å². The number of hydrogen-bond donors (Lipinski definition) is 1. The van der Waals surface area contributed by atoms with Crippen LogP contribution in [0.5, 0.6) is 5.75 Å². The van der Waals surface area contributed by atoms with E-state index in [9.17, 15) is 9.90 Å². The fraction of sp³-hybridized carbons (Fsp3) is 0.421. The Hall–Kier alpha value is -2.31. The SMILES string of the molecule is COc1cccc(-c2ccc(C(=O)N3C[C@H](N(C)C)C[C@H]3CO)o2)c1. The van der Waals surface area contributed by atoms with Crippen LogP contribution in [-0.4, -0.2) is 67.3 Å². The van der Waals surface area contributed by atoms with Gasteiger partial charge in [-0.25, -0.2) is 0 Å². The number of benzene rings is 1. The Morgan fingerprint density at radius 1 is 1.36 bits per heavy atom. The van der Waals surface area contributed by atoms with Gasteiger partial charge < -0.3 is 24.1 Å². The standard InChI is InChI=1S/C19H24N2O4/c1-20(2)14-10-15(12-22)21(11-14)19(23)18-8-7-17(25-18)13-5-4-6-16(9-13)24-3/h4-9,14-15,22H,10-12H2,1-3H3/t14-,15+/m1/s1. The van der Waals surface area contributed by atoms with Crippen LogP contribution in [0.2, 0.25) is 0 Å². The molecule has 1 N–H and O–H groups in total. The van der Waals surface area contributed by atoms with Crippen molar-refractivity contribution < 1.29 is 19.1 Å². The van der Waals surface area contributed by atoms with Crippen molar-refractivity contribution in [3.63, 3.8) is 0 Å². The highest BCUT2D eigenvalue weighted by Crippen LogP contribution is 2.28. The molecular formula is C19H24N2O4. The van der Waals surface area contributed by atoms with Crippen LogP contribution in [0.25, 0.3) is 11.3 Å². The number of carbonyl (C=O) groups is 1. The first-order valence-corrected chi connectivity index (χ1v) is 8.36. The maximum atomic E-state index is 12.8. The zero-order valence-electron chi connectivity index (χ0n) is 14.8. The number of nitrogens with zero attached hydrogens (tertiary/aromatic N) is 2. The first kappa shape index (κ1) is 17.5. The number of ether oxygens (including phenoxy) is 1. The molecule has 2 aromatic rings. The molecule has 1 aromatic carbocycles. The van der Waals surface area contributed by atoms with Crippen LogP contribution in [-0.2, 0) is 0 Å². The summed E-state index contributed by atoms with van der Waals surface area (Å²) in [4.78, 5) is 16.6. The molecule has 0 unspecified atom stereocenters. The van der Waals surface area contributed by atoms with Crippen molar-refractivity contribution in [3.8, 4) is 17.1 Å². The fourth-order valence-corrected chi connectivity index (χ4v) is 3.21. The monoisotopic (exact) mass is 344 g/mol. The Balaban J connectivity index is 1.80. The topological polar surface area (TPSA) is 66.2 Å². The summed E-state index contributed by atoms with van der Waals surface area (Å²) >= 11 is 0. The third-order valence-electron chi connectivity index (χ3n) is 4.77. The maximum absolute atomic E-state index is 12.8. The van der Waals surface area contributed by atoms with Crippen LogP contribution in [0.15, 0.2) is 40.8 Å². The number of likely N-dealkylation sites (tertiary alicyclic amines) is 1. The van der Waals surface area contributed by atoms with Crippen molar-refractivity contribution in [2.45, 2.75) is 18.5 Å². The summed E-state index contributed by atoms with van der Waals surface area (Å²) in [5.74, 6) is 1.45. The lowest BCUT2D eigenvalue weighted by molar-refractivity contribution is 0.0642. The second-order valence-corrected chi connectivity index (χ2v) is 6.54. The summed E-state index contributed by atoms with van der Waals surface area (Å²) in [6.07, 6.45) is 0.763. The number of hydrogen-bond acceptors (Lipinski definition) is 5. The number of carbonyl (C=O) groups excluding carboxylic acids is 1. The summed E-state index contributed by atoms with van der Waals surface area (Å²) in [5, 5.41) is 9.62. The lowest BCUT2D eigenvalue weighted by Gasteiger charge is -2.22. The van der Waals surface area contributed by atoms with Gasteiger partial charge in [0.05, 0.1) is 19.8 Å². The molecule has 0 radical (unpaired) electrons. The van der Waals surface area contributed by atoms with E-state index in [0.29, 0.717) is 12.3 Å². The van der Waals surface area contributed by atoms with Crippen LogP contribution >= 0.6 is 0 Å². The van der Waals surface area contributed by atoms with Crippen molar-refractivity contribution in [3.05, 3.63) is 42.2 Å². The van der Waals surface area contributed by atoms with E-state index >= 15 is 0 Å². The van der Waals surface area contributed by atoms with Gasteiger partial charge in [-0.3, -0.25) is 4.79 Å². The summed E-state index contributed by atoms with van der Waals surface area (Å²) in [6, 6.07) is 11.0. The highest BCUT2D eigenvalue weighted by atomic mass is 16.5. The number of furan rings is 1. The number of amides is 1. The zero-order valence-corrected chi connectivity index (χ0v) is 14.8. The molecule has 1 aromatic heterocycles. The van der Waals surface area contributed by atoms with Crippen LogP contribution in [0.1, 0.15) is 17.0 Å². The maximum Gasteiger partial charge on any atom is 0.289 e. The van der Waals surface area contributed by atoms with Crippen molar-refractivity contribution in [1.82, 2.24) is 9.80 Å². The Morgan fingerprint density at radius 2 is 2.16 bits per heavy atom. The van der Waals surface area contributed by atoms with E-state index in [2.05, 4.69) is 4.90 Å². The van der Waals surface area contributed by atoms with E-state index in [1.807, 2.05) is 38.4 Å². The van der Waals surface area contributed by atoms with Crippen LogP contribution in [0.4, 0.5) is 0 Å². The fourth-order valence-electron chi connectivity index (χ4n) is 3.21. The molecule has 1 saturated heterocycles. The molecule has 1 aliphatic rings. The van der Waals surface area contributed by atoms with E-state index in [1.165, 1.54) is 0 Å². The second-order valence-electron chi connectivity index (χ2n) is 6.54. The predicted molar refractivity (Wildman–Crippen MR) is 94.7 cm³/mol. The predicted octanol–water partition coefficient (Wildman–Crippen LogP) is 2.09. The van der Waals surface area contributed by atoms with Gasteiger partial charge in [-0.15, -0.1) is 0 Å². The molecule has 1 amide bonds. The molecule has 0 bridgehead atoms. The van der Waals surface area contributed by atoms with Crippen molar-refractivity contribution in [1.29, 1.82) is 0 Å². The number of rotatable bonds is 5. The molecule has 134 valence electrons. The van der Waals surface area contributed by atoms with E-state index in [4.69, 9.17) is 9.15 Å². The molecule has 25 heavy (non-hydrogen) atoms. The number of methoxy groups -OCH3 is 1. The number of likely N-dealkylation sites (N-methyl/N-ethyl adjacent to an activating group) is 1. The Bertz CT molecular complexity index is 741. The smallest absolute Gasteiger partial charge is 0.289 e.